The van der Waals surface area contributed by atoms with Crippen molar-refractivity contribution in [2.75, 3.05) is 19.0 Å². The highest BCUT2D eigenvalue weighted by Gasteiger charge is 2.06. The summed E-state index contributed by atoms with van der Waals surface area (Å²) in [7, 11) is 1.57. The molecule has 0 aliphatic heterocycles. The first kappa shape index (κ1) is 17.6. The molecule has 3 N–H and O–H groups in total. The number of anilines is 1. The summed E-state index contributed by atoms with van der Waals surface area (Å²) >= 11 is 5.14. The minimum atomic E-state index is -0.298. The van der Waals surface area contributed by atoms with E-state index in [1.165, 1.54) is 0 Å². The smallest absolute Gasteiger partial charge is 0.269 e. The third-order valence-corrected chi connectivity index (χ3v) is 3.27. The van der Waals surface area contributed by atoms with Crippen molar-refractivity contribution in [3.05, 3.63) is 54.1 Å². The molecule has 0 spiro atoms. The zero-order chi connectivity index (χ0) is 17.4. The van der Waals surface area contributed by atoms with Gasteiger partial charge in [0, 0.05) is 11.3 Å². The lowest BCUT2D eigenvalue weighted by Gasteiger charge is -2.12. The summed E-state index contributed by atoms with van der Waals surface area (Å²) in [6.45, 7) is 2.54. The normalized spacial score (nSPS) is 9.75. The van der Waals surface area contributed by atoms with Crippen molar-refractivity contribution in [1.82, 2.24) is 10.9 Å². The zero-order valence-electron chi connectivity index (χ0n) is 13.5. The molecule has 1 amide bonds. The van der Waals surface area contributed by atoms with Crippen LogP contribution < -0.4 is 25.6 Å². The molecule has 0 bridgehead atoms. The summed E-state index contributed by atoms with van der Waals surface area (Å²) in [5, 5.41) is 3.25. The van der Waals surface area contributed by atoms with Gasteiger partial charge in [0.25, 0.3) is 5.91 Å². The van der Waals surface area contributed by atoms with Crippen molar-refractivity contribution in [2.45, 2.75) is 6.92 Å². The molecular weight excluding hydrogens is 326 g/mol. The highest BCUT2D eigenvalue weighted by molar-refractivity contribution is 7.80. The second-order valence-electron chi connectivity index (χ2n) is 4.72. The molecule has 0 aromatic heterocycles. The van der Waals surface area contributed by atoms with Crippen molar-refractivity contribution in [3.63, 3.8) is 0 Å². The van der Waals surface area contributed by atoms with Gasteiger partial charge in [0.2, 0.25) is 0 Å². The Kier molecular flexibility index (Phi) is 6.39. The average molecular weight is 345 g/mol. The van der Waals surface area contributed by atoms with Crippen LogP contribution >= 0.6 is 12.2 Å². The van der Waals surface area contributed by atoms with Crippen molar-refractivity contribution < 1.29 is 14.3 Å². The van der Waals surface area contributed by atoms with E-state index in [9.17, 15) is 4.79 Å². The Bertz CT molecular complexity index is 687. The number of nitrogens with one attached hydrogen (secondary N) is 3. The van der Waals surface area contributed by atoms with E-state index in [0.717, 1.165) is 11.4 Å². The van der Waals surface area contributed by atoms with Crippen LogP contribution in [0.2, 0.25) is 0 Å². The number of amides is 1. The molecule has 0 heterocycles. The van der Waals surface area contributed by atoms with Gasteiger partial charge in [0.15, 0.2) is 5.11 Å². The Morgan fingerprint density at radius 2 is 1.62 bits per heavy atom. The minimum absolute atomic E-state index is 0.279. The average Bonchev–Trinajstić information content (AvgIpc) is 2.61. The van der Waals surface area contributed by atoms with E-state index in [-0.39, 0.29) is 11.0 Å². The van der Waals surface area contributed by atoms with Crippen LogP contribution in [0.25, 0.3) is 0 Å². The maximum absolute atomic E-state index is 12.0. The van der Waals surface area contributed by atoms with Gasteiger partial charge < -0.3 is 14.8 Å². The van der Waals surface area contributed by atoms with E-state index in [1.54, 1.807) is 31.4 Å². The van der Waals surface area contributed by atoms with Crippen LogP contribution in [0.4, 0.5) is 5.69 Å². The molecular formula is C17H19N3O3S. The predicted molar refractivity (Wildman–Crippen MR) is 97.4 cm³/mol. The van der Waals surface area contributed by atoms with Gasteiger partial charge in [-0.1, -0.05) is 0 Å². The van der Waals surface area contributed by atoms with Gasteiger partial charge in [-0.25, -0.2) is 0 Å². The van der Waals surface area contributed by atoms with Crippen LogP contribution in [0, 0.1) is 0 Å². The number of carbonyl (C=O) groups excluding carboxylic acids is 1. The lowest BCUT2D eigenvalue weighted by atomic mass is 10.2. The minimum Gasteiger partial charge on any atom is -0.497 e. The Hall–Kier alpha value is -2.80. The van der Waals surface area contributed by atoms with Crippen molar-refractivity contribution in [1.29, 1.82) is 0 Å². The van der Waals surface area contributed by atoms with Gasteiger partial charge in [-0.05, 0) is 67.7 Å². The van der Waals surface area contributed by atoms with Crippen LogP contribution in [0.5, 0.6) is 11.5 Å². The van der Waals surface area contributed by atoms with Gasteiger partial charge in [0.1, 0.15) is 11.5 Å². The number of benzene rings is 2. The number of carbonyl (C=O) groups is 1. The molecule has 0 aliphatic carbocycles. The quantitative estimate of drug-likeness (QED) is 0.572. The first-order valence-corrected chi connectivity index (χ1v) is 7.77. The van der Waals surface area contributed by atoms with Crippen LogP contribution in [-0.4, -0.2) is 24.7 Å². The van der Waals surface area contributed by atoms with Crippen molar-refractivity contribution in [2.24, 2.45) is 0 Å². The zero-order valence-corrected chi connectivity index (χ0v) is 14.3. The molecule has 0 unspecified atom stereocenters. The molecule has 6 nitrogen and oxygen atoms in total. The molecule has 2 aromatic carbocycles. The second kappa shape index (κ2) is 8.73. The summed E-state index contributed by atoms with van der Waals surface area (Å²) in [6, 6.07) is 14.1. The van der Waals surface area contributed by atoms with E-state index in [0.29, 0.717) is 17.9 Å². The SMILES string of the molecule is CCOc1ccc(NC(=S)NNC(=O)c2ccc(OC)cc2)cc1. The molecule has 0 saturated heterocycles. The first-order chi connectivity index (χ1) is 11.6. The summed E-state index contributed by atoms with van der Waals surface area (Å²) in [4.78, 5) is 12.0. The largest absolute Gasteiger partial charge is 0.497 e. The number of rotatable bonds is 5. The number of hydrazine groups is 1. The van der Waals surface area contributed by atoms with Crippen LogP contribution in [-0.2, 0) is 0 Å². The standard InChI is InChI=1S/C17H19N3O3S/c1-3-23-15-10-6-13(7-11-15)18-17(24)20-19-16(21)12-4-8-14(22-2)9-5-12/h4-11H,3H2,1-2H3,(H,19,21)(H2,18,20,24). The highest BCUT2D eigenvalue weighted by atomic mass is 32.1. The number of ether oxygens (including phenoxy) is 2. The third-order valence-electron chi connectivity index (χ3n) is 3.06. The van der Waals surface area contributed by atoms with E-state index in [1.807, 2.05) is 31.2 Å². The number of hydrogen-bond donors (Lipinski definition) is 3. The van der Waals surface area contributed by atoms with E-state index < -0.39 is 0 Å². The Morgan fingerprint density at radius 3 is 2.21 bits per heavy atom. The maximum atomic E-state index is 12.0. The maximum Gasteiger partial charge on any atom is 0.269 e. The van der Waals surface area contributed by atoms with Gasteiger partial charge in [-0.3, -0.25) is 15.6 Å². The molecule has 0 aliphatic rings. The fraction of sp³-hybridized carbons (Fsp3) is 0.176. The van der Waals surface area contributed by atoms with Crippen LogP contribution in [0.15, 0.2) is 48.5 Å². The van der Waals surface area contributed by atoms with E-state index in [2.05, 4.69) is 16.2 Å². The van der Waals surface area contributed by atoms with Gasteiger partial charge in [0.05, 0.1) is 13.7 Å². The summed E-state index contributed by atoms with van der Waals surface area (Å²) in [5.41, 5.74) is 6.47. The summed E-state index contributed by atoms with van der Waals surface area (Å²) in [5.74, 6) is 1.18. The molecule has 0 radical (unpaired) electrons. The fourth-order valence-electron chi connectivity index (χ4n) is 1.89. The Labute approximate surface area is 146 Å². The lowest BCUT2D eigenvalue weighted by molar-refractivity contribution is 0.0944. The van der Waals surface area contributed by atoms with Gasteiger partial charge >= 0.3 is 0 Å². The first-order valence-electron chi connectivity index (χ1n) is 7.36. The fourth-order valence-corrected chi connectivity index (χ4v) is 2.06. The molecule has 126 valence electrons. The Balaban J connectivity index is 1.82. The number of hydrogen-bond acceptors (Lipinski definition) is 4. The highest BCUT2D eigenvalue weighted by Crippen LogP contribution is 2.15. The summed E-state index contributed by atoms with van der Waals surface area (Å²) < 4.78 is 10.4. The molecule has 0 fully saturated rings. The van der Waals surface area contributed by atoms with Crippen molar-refractivity contribution >= 4 is 28.9 Å². The molecule has 0 saturated carbocycles. The van der Waals surface area contributed by atoms with Crippen LogP contribution in [0.1, 0.15) is 17.3 Å². The third kappa shape index (κ3) is 5.13. The second-order valence-corrected chi connectivity index (χ2v) is 5.13. The molecule has 2 rings (SSSR count). The van der Waals surface area contributed by atoms with Gasteiger partial charge in [-0.15, -0.1) is 0 Å². The van der Waals surface area contributed by atoms with Gasteiger partial charge in [-0.2, -0.15) is 0 Å². The lowest BCUT2D eigenvalue weighted by Crippen LogP contribution is -2.43. The molecule has 2 aromatic rings. The predicted octanol–water partition coefficient (Wildman–Crippen LogP) is 2.73. The number of methoxy groups -OCH3 is 1. The molecule has 0 atom stereocenters. The van der Waals surface area contributed by atoms with Crippen LogP contribution in [0.3, 0.4) is 0 Å². The Morgan fingerprint density at radius 1 is 1.00 bits per heavy atom. The number of thiocarbonyl (C=S) groups is 1. The molecule has 24 heavy (non-hydrogen) atoms. The monoisotopic (exact) mass is 345 g/mol. The topological polar surface area (TPSA) is 71.6 Å². The van der Waals surface area contributed by atoms with E-state index >= 15 is 0 Å². The summed E-state index contributed by atoms with van der Waals surface area (Å²) in [6.07, 6.45) is 0. The molecule has 7 heteroatoms. The van der Waals surface area contributed by atoms with Crippen molar-refractivity contribution in [3.8, 4) is 11.5 Å². The van der Waals surface area contributed by atoms with E-state index in [4.69, 9.17) is 21.7 Å².